The summed E-state index contributed by atoms with van der Waals surface area (Å²) < 4.78 is 49.2. The van der Waals surface area contributed by atoms with Gasteiger partial charge in [-0.1, -0.05) is 5.16 Å². The lowest BCUT2D eigenvalue weighted by Gasteiger charge is -2.36. The molecule has 0 amide bonds. The molecule has 0 spiro atoms. The highest BCUT2D eigenvalue weighted by Gasteiger charge is 2.40. The smallest absolute Gasteiger partial charge is 0.475 e. The van der Waals surface area contributed by atoms with E-state index in [0.717, 1.165) is 56.5 Å². The molecular weight excluding hydrogens is 405 g/mol. The number of halogens is 3. The first-order valence-corrected chi connectivity index (χ1v) is 10.3. The summed E-state index contributed by atoms with van der Waals surface area (Å²) in [5.74, 6) is -0.968. The quantitative estimate of drug-likeness (QED) is 0.734. The molecule has 3 fully saturated rings. The Bertz CT molecular complexity index is 700. The topological polar surface area (TPSA) is 85.0 Å². The van der Waals surface area contributed by atoms with Gasteiger partial charge in [0.05, 0.1) is 24.5 Å². The van der Waals surface area contributed by atoms with Crippen LogP contribution in [0.2, 0.25) is 0 Å². The maximum atomic E-state index is 10.6. The number of aryl methyl sites for hydroxylation is 2. The van der Waals surface area contributed by atoms with Crippen molar-refractivity contribution in [3.8, 4) is 0 Å². The standard InChI is InChI=1S/C18H28N2O3.C2HF3O2/c1-12-16(13(2)23-19-12)9-20-8-7-18-17(20)6-5-15(22-18)11-21-10-14-3-4-14;3-2(4,5)1(6)7/h14-15,17-18H,3-11H2,1-2H3;(H,6,7)/t15-,17-,18-;/m0./s1. The van der Waals surface area contributed by atoms with Crippen LogP contribution in [-0.2, 0) is 20.8 Å². The van der Waals surface area contributed by atoms with Crippen molar-refractivity contribution >= 4 is 5.97 Å². The Morgan fingerprint density at radius 1 is 1.20 bits per heavy atom. The van der Waals surface area contributed by atoms with Gasteiger partial charge in [0.1, 0.15) is 5.76 Å². The number of carbonyl (C=O) groups is 1. The molecule has 170 valence electrons. The van der Waals surface area contributed by atoms with Gasteiger partial charge >= 0.3 is 12.1 Å². The van der Waals surface area contributed by atoms with Crippen LogP contribution in [0, 0.1) is 19.8 Å². The number of fused-ring (bicyclic) bond motifs is 1. The van der Waals surface area contributed by atoms with Gasteiger partial charge in [0.2, 0.25) is 0 Å². The third-order valence-electron chi connectivity index (χ3n) is 5.89. The first-order chi connectivity index (χ1) is 14.1. The van der Waals surface area contributed by atoms with Crippen molar-refractivity contribution in [1.82, 2.24) is 10.1 Å². The molecule has 2 saturated heterocycles. The molecule has 1 aromatic rings. The fraction of sp³-hybridized carbons (Fsp3) is 0.800. The van der Waals surface area contributed by atoms with Crippen molar-refractivity contribution in [3.05, 3.63) is 17.0 Å². The molecule has 7 nitrogen and oxygen atoms in total. The SMILES string of the molecule is Cc1noc(C)c1CN1CC[C@@H]2O[C@H](COCC3CC3)CC[C@@H]21.O=C(O)C(F)(F)F. The van der Waals surface area contributed by atoms with Crippen LogP contribution >= 0.6 is 0 Å². The zero-order chi connectivity index (χ0) is 21.9. The molecule has 0 bridgehead atoms. The molecule has 0 unspecified atom stereocenters. The number of ether oxygens (including phenoxy) is 2. The average Bonchev–Trinajstić information content (AvgIpc) is 3.34. The summed E-state index contributed by atoms with van der Waals surface area (Å²) >= 11 is 0. The second kappa shape index (κ2) is 9.65. The van der Waals surface area contributed by atoms with Gasteiger partial charge in [-0.2, -0.15) is 13.2 Å². The van der Waals surface area contributed by atoms with Crippen LogP contribution in [0.5, 0.6) is 0 Å². The van der Waals surface area contributed by atoms with Gasteiger partial charge in [0, 0.05) is 31.3 Å². The van der Waals surface area contributed by atoms with Crippen LogP contribution in [0.1, 0.15) is 49.1 Å². The van der Waals surface area contributed by atoms with Gasteiger partial charge in [-0.3, -0.25) is 4.90 Å². The van der Waals surface area contributed by atoms with Crippen LogP contribution in [0.3, 0.4) is 0 Å². The Hall–Kier alpha value is -1.65. The molecule has 1 N–H and O–H groups in total. The molecular formula is C20H29F3N2O5. The van der Waals surface area contributed by atoms with Gasteiger partial charge in [0.15, 0.2) is 0 Å². The Labute approximate surface area is 173 Å². The number of carboxylic acids is 1. The molecule has 30 heavy (non-hydrogen) atoms. The van der Waals surface area contributed by atoms with Gasteiger partial charge in [-0.15, -0.1) is 0 Å². The molecule has 1 aliphatic carbocycles. The van der Waals surface area contributed by atoms with Crippen molar-refractivity contribution in [2.45, 2.75) is 76.9 Å². The molecule has 2 aliphatic heterocycles. The van der Waals surface area contributed by atoms with Crippen molar-refractivity contribution < 1.29 is 37.1 Å². The van der Waals surface area contributed by atoms with Gasteiger partial charge in [-0.25, -0.2) is 4.79 Å². The minimum atomic E-state index is -5.08. The predicted octanol–water partition coefficient (Wildman–Crippen LogP) is 3.47. The molecule has 10 heteroatoms. The molecule has 4 rings (SSSR count). The van der Waals surface area contributed by atoms with Crippen LogP contribution in [0.15, 0.2) is 4.52 Å². The number of aromatic nitrogens is 1. The van der Waals surface area contributed by atoms with Crippen molar-refractivity contribution in [2.75, 3.05) is 19.8 Å². The van der Waals surface area contributed by atoms with E-state index < -0.39 is 12.1 Å². The average molecular weight is 434 g/mol. The largest absolute Gasteiger partial charge is 0.490 e. The monoisotopic (exact) mass is 434 g/mol. The van der Waals surface area contributed by atoms with Crippen LogP contribution in [0.4, 0.5) is 13.2 Å². The summed E-state index contributed by atoms with van der Waals surface area (Å²) in [5, 5.41) is 11.2. The van der Waals surface area contributed by atoms with E-state index in [2.05, 4.69) is 10.1 Å². The summed E-state index contributed by atoms with van der Waals surface area (Å²) in [6.45, 7) is 7.80. The minimum Gasteiger partial charge on any atom is -0.475 e. The van der Waals surface area contributed by atoms with Crippen LogP contribution in [-0.4, -0.2) is 65.3 Å². The van der Waals surface area contributed by atoms with E-state index in [9.17, 15) is 13.2 Å². The van der Waals surface area contributed by atoms with E-state index in [4.69, 9.17) is 23.9 Å². The maximum Gasteiger partial charge on any atom is 0.490 e. The zero-order valence-corrected chi connectivity index (χ0v) is 17.3. The van der Waals surface area contributed by atoms with Gasteiger partial charge < -0.3 is 19.1 Å². The summed E-state index contributed by atoms with van der Waals surface area (Å²) in [5.41, 5.74) is 2.27. The van der Waals surface area contributed by atoms with Crippen molar-refractivity contribution in [2.24, 2.45) is 5.92 Å². The molecule has 0 aromatic carbocycles. The highest BCUT2D eigenvalue weighted by Crippen LogP contribution is 2.34. The van der Waals surface area contributed by atoms with Crippen LogP contribution < -0.4 is 0 Å². The number of alkyl halides is 3. The zero-order valence-electron chi connectivity index (χ0n) is 17.3. The highest BCUT2D eigenvalue weighted by molar-refractivity contribution is 5.73. The lowest BCUT2D eigenvalue weighted by Crippen LogP contribution is -2.43. The Kier molecular flexibility index (Phi) is 7.41. The summed E-state index contributed by atoms with van der Waals surface area (Å²) in [7, 11) is 0. The van der Waals surface area contributed by atoms with E-state index in [0.29, 0.717) is 18.2 Å². The Morgan fingerprint density at radius 3 is 2.47 bits per heavy atom. The summed E-state index contributed by atoms with van der Waals surface area (Å²) in [6, 6.07) is 0.545. The number of aliphatic carboxylic acids is 1. The molecule has 1 saturated carbocycles. The lowest BCUT2D eigenvalue weighted by molar-refractivity contribution is -0.192. The number of likely N-dealkylation sites (tertiary alicyclic amines) is 1. The fourth-order valence-corrected chi connectivity index (χ4v) is 3.99. The van der Waals surface area contributed by atoms with E-state index in [1.165, 1.54) is 24.8 Å². The van der Waals surface area contributed by atoms with Crippen molar-refractivity contribution in [3.63, 3.8) is 0 Å². The number of carboxylic acid groups (broad SMARTS) is 1. The number of nitrogens with zero attached hydrogens (tertiary/aromatic N) is 2. The number of hydrogen-bond donors (Lipinski definition) is 1. The van der Waals surface area contributed by atoms with E-state index in [1.807, 2.05) is 13.8 Å². The minimum absolute atomic E-state index is 0.300. The number of hydrogen-bond acceptors (Lipinski definition) is 6. The van der Waals surface area contributed by atoms with Gasteiger partial charge in [-0.05, 0) is 51.9 Å². The first-order valence-electron chi connectivity index (χ1n) is 10.3. The molecule has 3 aliphatic rings. The third kappa shape index (κ3) is 6.18. The second-order valence-electron chi connectivity index (χ2n) is 8.29. The normalized spacial score (nSPS) is 26.8. The van der Waals surface area contributed by atoms with E-state index >= 15 is 0 Å². The first kappa shape index (κ1) is 23.0. The maximum absolute atomic E-state index is 10.6. The molecule has 1 aromatic heterocycles. The summed E-state index contributed by atoms with van der Waals surface area (Å²) in [6.07, 6.45) is 1.76. The second-order valence-corrected chi connectivity index (χ2v) is 8.29. The van der Waals surface area contributed by atoms with Gasteiger partial charge in [0.25, 0.3) is 0 Å². The van der Waals surface area contributed by atoms with E-state index in [-0.39, 0.29) is 0 Å². The predicted molar refractivity (Wildman–Crippen MR) is 99.9 cm³/mol. The molecule has 3 heterocycles. The molecule has 3 atom stereocenters. The van der Waals surface area contributed by atoms with E-state index in [1.54, 1.807) is 0 Å². The Balaban J connectivity index is 0.000000318. The lowest BCUT2D eigenvalue weighted by atomic mass is 9.99. The van der Waals surface area contributed by atoms with Crippen molar-refractivity contribution in [1.29, 1.82) is 0 Å². The third-order valence-corrected chi connectivity index (χ3v) is 5.89. The highest BCUT2D eigenvalue weighted by atomic mass is 19.4. The fourth-order valence-electron chi connectivity index (χ4n) is 3.99. The number of rotatable bonds is 6. The molecule has 0 radical (unpaired) electrons. The Morgan fingerprint density at radius 2 is 1.90 bits per heavy atom. The van der Waals surface area contributed by atoms with Crippen LogP contribution in [0.25, 0.3) is 0 Å². The summed E-state index contributed by atoms with van der Waals surface area (Å²) in [4.78, 5) is 11.4.